The van der Waals surface area contributed by atoms with Crippen molar-refractivity contribution >= 4 is 11.8 Å². The van der Waals surface area contributed by atoms with Crippen molar-refractivity contribution in [1.29, 1.82) is 0 Å². The van der Waals surface area contributed by atoms with E-state index in [0.29, 0.717) is 12.6 Å². The Morgan fingerprint density at radius 3 is 2.37 bits per heavy atom. The van der Waals surface area contributed by atoms with Crippen LogP contribution in [0.3, 0.4) is 0 Å². The maximum atomic E-state index is 12.1. The molecule has 108 valence electrons. The number of hydrogen-bond acceptors (Lipinski definition) is 3. The number of imide groups is 1. The van der Waals surface area contributed by atoms with E-state index in [2.05, 4.69) is 19.2 Å². The van der Waals surface area contributed by atoms with Gasteiger partial charge in [-0.1, -0.05) is 20.8 Å². The number of fused-ring (bicyclic) bond motifs is 1. The van der Waals surface area contributed by atoms with Gasteiger partial charge < -0.3 is 5.32 Å². The van der Waals surface area contributed by atoms with Crippen LogP contribution in [0.25, 0.3) is 0 Å². The van der Waals surface area contributed by atoms with Gasteiger partial charge in [0, 0.05) is 12.6 Å². The predicted octanol–water partition coefficient (Wildman–Crippen LogP) is 1.80. The Balaban J connectivity index is 1.74. The largest absolute Gasteiger partial charge is 0.314 e. The minimum Gasteiger partial charge on any atom is -0.314 e. The number of piperidine rings is 1. The lowest BCUT2D eigenvalue weighted by Gasteiger charge is -2.21. The van der Waals surface area contributed by atoms with Crippen molar-refractivity contribution < 1.29 is 9.59 Å². The van der Waals surface area contributed by atoms with Crippen LogP contribution in [0.5, 0.6) is 0 Å². The van der Waals surface area contributed by atoms with Gasteiger partial charge in [0.25, 0.3) is 0 Å². The molecule has 2 rings (SSSR count). The fourth-order valence-corrected chi connectivity index (χ4v) is 3.27. The minimum absolute atomic E-state index is 0.0318. The number of amides is 2. The molecule has 1 aliphatic heterocycles. The van der Waals surface area contributed by atoms with Crippen molar-refractivity contribution in [1.82, 2.24) is 10.2 Å². The second-order valence-corrected chi connectivity index (χ2v) is 6.60. The molecule has 0 bridgehead atoms. The molecular weight excluding hydrogens is 240 g/mol. The van der Waals surface area contributed by atoms with Gasteiger partial charge in [0.2, 0.25) is 11.8 Å². The number of carbonyl (C=O) groups excluding carboxylic acids is 2. The topological polar surface area (TPSA) is 49.4 Å². The maximum absolute atomic E-state index is 12.1. The van der Waals surface area contributed by atoms with Crippen molar-refractivity contribution in [2.24, 2.45) is 17.3 Å². The molecule has 3 atom stereocenters. The summed E-state index contributed by atoms with van der Waals surface area (Å²) in [6.07, 6.45) is 3.04. The summed E-state index contributed by atoms with van der Waals surface area (Å²) in [4.78, 5) is 25.7. The van der Waals surface area contributed by atoms with Crippen LogP contribution in [0.2, 0.25) is 0 Å². The molecule has 1 saturated carbocycles. The average molecular weight is 266 g/mol. The van der Waals surface area contributed by atoms with Crippen molar-refractivity contribution in [3.8, 4) is 0 Å². The molecule has 19 heavy (non-hydrogen) atoms. The van der Waals surface area contributed by atoms with E-state index in [1.54, 1.807) is 0 Å². The summed E-state index contributed by atoms with van der Waals surface area (Å²) in [5.74, 6) is 0.0645. The van der Waals surface area contributed by atoms with Crippen LogP contribution in [-0.4, -0.2) is 35.8 Å². The molecule has 1 aliphatic carbocycles. The first-order valence-corrected chi connectivity index (χ1v) is 7.49. The van der Waals surface area contributed by atoms with E-state index in [1.807, 2.05) is 13.8 Å². The van der Waals surface area contributed by atoms with Crippen molar-refractivity contribution in [2.45, 2.75) is 53.0 Å². The van der Waals surface area contributed by atoms with Gasteiger partial charge >= 0.3 is 0 Å². The lowest BCUT2D eigenvalue weighted by atomic mass is 10.1. The van der Waals surface area contributed by atoms with Crippen LogP contribution in [0.1, 0.15) is 47.0 Å². The van der Waals surface area contributed by atoms with Crippen LogP contribution in [0.4, 0.5) is 0 Å². The van der Waals surface area contributed by atoms with E-state index in [9.17, 15) is 9.59 Å². The maximum Gasteiger partial charge on any atom is 0.233 e. The zero-order chi connectivity index (χ0) is 14.2. The first-order valence-electron chi connectivity index (χ1n) is 7.49. The Morgan fingerprint density at radius 1 is 1.26 bits per heavy atom. The van der Waals surface area contributed by atoms with Gasteiger partial charge in [-0.25, -0.2) is 0 Å². The Labute approximate surface area is 115 Å². The number of carbonyl (C=O) groups is 2. The van der Waals surface area contributed by atoms with E-state index in [-0.39, 0.29) is 29.1 Å². The molecule has 1 N–H and O–H groups in total. The van der Waals surface area contributed by atoms with Crippen LogP contribution in [0, 0.1) is 17.3 Å². The third-order valence-electron chi connectivity index (χ3n) is 4.65. The normalized spacial score (nSPS) is 29.6. The fraction of sp³-hybridized carbons (Fsp3) is 0.867. The first-order chi connectivity index (χ1) is 8.91. The van der Waals surface area contributed by atoms with Gasteiger partial charge in [0.15, 0.2) is 0 Å². The molecule has 0 radical (unpaired) electrons. The molecule has 0 aromatic rings. The number of likely N-dealkylation sites (tertiary alicyclic amines) is 1. The zero-order valence-corrected chi connectivity index (χ0v) is 12.5. The first kappa shape index (κ1) is 14.5. The lowest BCUT2D eigenvalue weighted by molar-refractivity contribution is -0.143. The quantitative estimate of drug-likeness (QED) is 0.715. The van der Waals surface area contributed by atoms with E-state index in [1.165, 1.54) is 4.90 Å². The Kier molecular flexibility index (Phi) is 4.00. The van der Waals surface area contributed by atoms with E-state index in [4.69, 9.17) is 0 Å². The lowest BCUT2D eigenvalue weighted by Crippen LogP contribution is -2.37. The Bertz CT molecular complexity index is 354. The van der Waals surface area contributed by atoms with Gasteiger partial charge in [-0.15, -0.1) is 0 Å². The summed E-state index contributed by atoms with van der Waals surface area (Å²) < 4.78 is 0. The second-order valence-electron chi connectivity index (χ2n) is 6.60. The molecule has 0 spiro atoms. The monoisotopic (exact) mass is 266 g/mol. The molecule has 0 aromatic carbocycles. The summed E-state index contributed by atoms with van der Waals surface area (Å²) >= 11 is 0. The SMILES string of the molecule is CCCNC(C)CCCN1C(=O)C2C(C1=O)C2(C)C. The number of rotatable bonds is 7. The second kappa shape index (κ2) is 5.23. The van der Waals surface area contributed by atoms with Gasteiger partial charge in [0.1, 0.15) is 0 Å². The van der Waals surface area contributed by atoms with E-state index >= 15 is 0 Å². The minimum atomic E-state index is -0.0827. The molecule has 0 aromatic heterocycles. The highest BCUT2D eigenvalue weighted by molar-refractivity contribution is 6.10. The average Bonchev–Trinajstić information content (AvgIpc) is 2.82. The van der Waals surface area contributed by atoms with Gasteiger partial charge in [-0.05, 0) is 38.1 Å². The summed E-state index contributed by atoms with van der Waals surface area (Å²) in [6, 6.07) is 0.457. The zero-order valence-electron chi connectivity index (χ0n) is 12.5. The smallest absolute Gasteiger partial charge is 0.233 e. The number of hydrogen-bond donors (Lipinski definition) is 1. The molecule has 4 heteroatoms. The summed E-state index contributed by atoms with van der Waals surface area (Å²) in [5.41, 5.74) is -0.0827. The van der Waals surface area contributed by atoms with Crippen molar-refractivity contribution in [2.75, 3.05) is 13.1 Å². The highest BCUT2D eigenvalue weighted by Gasteiger charge is 2.72. The van der Waals surface area contributed by atoms with E-state index in [0.717, 1.165) is 25.8 Å². The fourth-order valence-electron chi connectivity index (χ4n) is 3.27. The summed E-state index contributed by atoms with van der Waals surface area (Å²) in [5, 5.41) is 3.42. The Morgan fingerprint density at radius 2 is 1.84 bits per heavy atom. The van der Waals surface area contributed by atoms with Gasteiger partial charge in [0.05, 0.1) is 11.8 Å². The third kappa shape index (κ3) is 2.55. The molecule has 1 heterocycles. The van der Waals surface area contributed by atoms with Crippen molar-refractivity contribution in [3.63, 3.8) is 0 Å². The highest BCUT2D eigenvalue weighted by Crippen LogP contribution is 2.63. The van der Waals surface area contributed by atoms with Gasteiger partial charge in [-0.2, -0.15) is 0 Å². The molecule has 4 nitrogen and oxygen atoms in total. The van der Waals surface area contributed by atoms with Crippen LogP contribution in [0.15, 0.2) is 0 Å². The van der Waals surface area contributed by atoms with Crippen LogP contribution >= 0.6 is 0 Å². The molecular formula is C15H26N2O2. The third-order valence-corrected chi connectivity index (χ3v) is 4.65. The molecule has 2 amide bonds. The van der Waals surface area contributed by atoms with Gasteiger partial charge in [-0.3, -0.25) is 14.5 Å². The standard InChI is InChI=1S/C15H26N2O2/c1-5-8-16-10(2)7-6-9-17-13(18)11-12(14(17)19)15(11,3)4/h10-12,16H,5-9H2,1-4H3. The predicted molar refractivity (Wildman–Crippen MR) is 74.5 cm³/mol. The molecule has 3 unspecified atom stereocenters. The van der Waals surface area contributed by atoms with Crippen LogP contribution in [-0.2, 0) is 9.59 Å². The number of nitrogens with one attached hydrogen (secondary N) is 1. The molecule has 2 aliphatic rings. The Hall–Kier alpha value is -0.900. The molecule has 1 saturated heterocycles. The summed E-state index contributed by atoms with van der Waals surface area (Å²) in [6.45, 7) is 9.97. The summed E-state index contributed by atoms with van der Waals surface area (Å²) in [7, 11) is 0. The van der Waals surface area contributed by atoms with E-state index < -0.39 is 0 Å². The van der Waals surface area contributed by atoms with Crippen molar-refractivity contribution in [3.05, 3.63) is 0 Å². The number of nitrogens with zero attached hydrogens (tertiary/aromatic N) is 1. The van der Waals surface area contributed by atoms with Crippen LogP contribution < -0.4 is 5.32 Å². The molecule has 2 fully saturated rings. The highest BCUT2D eigenvalue weighted by atomic mass is 16.2.